The number of rotatable bonds is 7. The topological polar surface area (TPSA) is 73.2 Å². The lowest BCUT2D eigenvalue weighted by molar-refractivity contribution is -0.129. The van der Waals surface area contributed by atoms with Gasteiger partial charge in [-0.05, 0) is 55.1 Å². The number of imidazole rings is 1. The van der Waals surface area contributed by atoms with Gasteiger partial charge in [0.15, 0.2) is 17.0 Å². The highest BCUT2D eigenvalue weighted by molar-refractivity contribution is 7.98. The zero-order valence-corrected chi connectivity index (χ0v) is 17.1. The Labute approximate surface area is 176 Å². The van der Waals surface area contributed by atoms with Crippen molar-refractivity contribution in [3.63, 3.8) is 0 Å². The van der Waals surface area contributed by atoms with Crippen molar-refractivity contribution < 1.29 is 23.1 Å². The lowest BCUT2D eigenvalue weighted by Gasteiger charge is -2.15. The van der Waals surface area contributed by atoms with E-state index < -0.39 is 23.8 Å². The molecular weight excluding hydrogens is 412 g/mol. The molecule has 9 heteroatoms. The molecule has 1 N–H and O–H groups in total. The molecule has 0 radical (unpaired) electrons. The highest BCUT2D eigenvalue weighted by Crippen LogP contribution is 2.23. The average Bonchev–Trinajstić information content (AvgIpc) is 3.18. The van der Waals surface area contributed by atoms with E-state index in [2.05, 4.69) is 10.3 Å². The second kappa shape index (κ2) is 9.53. The van der Waals surface area contributed by atoms with E-state index >= 15 is 0 Å². The van der Waals surface area contributed by atoms with Crippen molar-refractivity contribution in [3.8, 4) is 5.69 Å². The van der Waals surface area contributed by atoms with Gasteiger partial charge in [0.2, 0.25) is 0 Å². The summed E-state index contributed by atoms with van der Waals surface area (Å²) in [6.45, 7) is 1.62. The molecule has 6 nitrogen and oxygen atoms in total. The maximum absolute atomic E-state index is 13.3. The molecule has 1 heterocycles. The number of esters is 1. The number of ether oxygens (including phenoxy) is 1. The van der Waals surface area contributed by atoms with Gasteiger partial charge in [-0.3, -0.25) is 9.36 Å². The van der Waals surface area contributed by atoms with Crippen molar-refractivity contribution in [2.75, 3.05) is 6.26 Å². The smallest absolute Gasteiger partial charge is 0.357 e. The number of amides is 1. The fourth-order valence-corrected chi connectivity index (χ4v) is 3.22. The first kappa shape index (κ1) is 21.5. The number of carbonyl (C=O) groups excluding carboxylic acids is 2. The standard InChI is InChI=1S/C21H19F2N3O3S/c1-13(19(27)24-11-14-3-5-15(22)6-4-14)29-20(28)18-12-25-21(30-2)26(18)17-9-7-16(23)8-10-17/h3-10,12-13H,11H2,1-2H3,(H,24,27)/t13-/m1/s1. The van der Waals surface area contributed by atoms with Crippen molar-refractivity contribution in [2.45, 2.75) is 24.7 Å². The van der Waals surface area contributed by atoms with Crippen LogP contribution in [0.3, 0.4) is 0 Å². The molecule has 0 bridgehead atoms. The Bertz CT molecular complexity index is 1040. The van der Waals surface area contributed by atoms with Crippen molar-refractivity contribution in [1.82, 2.24) is 14.9 Å². The summed E-state index contributed by atoms with van der Waals surface area (Å²) < 4.78 is 33.0. The highest BCUT2D eigenvalue weighted by atomic mass is 32.2. The lowest BCUT2D eigenvalue weighted by atomic mass is 10.2. The van der Waals surface area contributed by atoms with Crippen LogP contribution in [0.15, 0.2) is 59.9 Å². The molecule has 1 aromatic heterocycles. The van der Waals surface area contributed by atoms with Crippen molar-refractivity contribution in [3.05, 3.63) is 77.6 Å². The van der Waals surface area contributed by atoms with E-state index in [0.29, 0.717) is 16.4 Å². The summed E-state index contributed by atoms with van der Waals surface area (Å²) in [7, 11) is 0. The second-order valence-electron chi connectivity index (χ2n) is 6.33. The van der Waals surface area contributed by atoms with E-state index in [0.717, 1.165) is 0 Å². The summed E-state index contributed by atoms with van der Waals surface area (Å²) >= 11 is 1.31. The predicted octanol–water partition coefficient (Wildman–Crippen LogP) is 3.73. The van der Waals surface area contributed by atoms with Gasteiger partial charge in [0.05, 0.1) is 6.20 Å². The third-order valence-electron chi connectivity index (χ3n) is 4.24. The third-order valence-corrected chi connectivity index (χ3v) is 4.89. The Morgan fingerprint density at radius 2 is 1.70 bits per heavy atom. The molecule has 0 unspecified atom stereocenters. The average molecular weight is 431 g/mol. The normalized spacial score (nSPS) is 11.7. The number of aromatic nitrogens is 2. The van der Waals surface area contributed by atoms with E-state index in [1.54, 1.807) is 18.4 Å². The minimum Gasteiger partial charge on any atom is -0.448 e. The van der Waals surface area contributed by atoms with Gasteiger partial charge in [0.25, 0.3) is 5.91 Å². The van der Waals surface area contributed by atoms with Crippen LogP contribution in [0.25, 0.3) is 5.69 Å². The van der Waals surface area contributed by atoms with Crippen LogP contribution in [0.2, 0.25) is 0 Å². The number of halogens is 2. The Morgan fingerprint density at radius 1 is 1.10 bits per heavy atom. The van der Waals surface area contributed by atoms with Crippen molar-refractivity contribution >= 4 is 23.6 Å². The second-order valence-corrected chi connectivity index (χ2v) is 7.11. The molecule has 3 aromatic rings. The van der Waals surface area contributed by atoms with Gasteiger partial charge >= 0.3 is 5.97 Å². The van der Waals surface area contributed by atoms with Crippen LogP contribution in [0.1, 0.15) is 23.0 Å². The summed E-state index contributed by atoms with van der Waals surface area (Å²) in [6, 6.07) is 11.3. The first-order valence-electron chi connectivity index (χ1n) is 9.00. The van der Waals surface area contributed by atoms with E-state index in [1.165, 1.54) is 65.8 Å². The summed E-state index contributed by atoms with van der Waals surface area (Å²) in [6.07, 6.45) is 2.08. The number of nitrogens with one attached hydrogen (secondary N) is 1. The Morgan fingerprint density at radius 3 is 2.30 bits per heavy atom. The summed E-state index contributed by atoms with van der Waals surface area (Å²) in [4.78, 5) is 29.1. The molecule has 2 aromatic carbocycles. The van der Waals surface area contributed by atoms with Crippen LogP contribution in [-0.4, -0.2) is 33.8 Å². The van der Waals surface area contributed by atoms with E-state index in [-0.39, 0.29) is 18.1 Å². The molecular formula is C21H19F2N3O3S. The van der Waals surface area contributed by atoms with Crippen LogP contribution in [0.4, 0.5) is 8.78 Å². The zero-order chi connectivity index (χ0) is 21.7. The third kappa shape index (κ3) is 5.04. The fourth-order valence-electron chi connectivity index (χ4n) is 2.67. The molecule has 0 aliphatic rings. The molecule has 0 saturated heterocycles. The number of hydrogen-bond donors (Lipinski definition) is 1. The summed E-state index contributed by atoms with van der Waals surface area (Å²) in [5.74, 6) is -2.00. The van der Waals surface area contributed by atoms with Crippen LogP contribution in [0, 0.1) is 11.6 Å². The molecule has 0 fully saturated rings. The Balaban J connectivity index is 1.69. The van der Waals surface area contributed by atoms with Crippen molar-refractivity contribution in [2.24, 2.45) is 0 Å². The van der Waals surface area contributed by atoms with E-state index in [1.807, 2.05) is 0 Å². The van der Waals surface area contributed by atoms with Crippen molar-refractivity contribution in [1.29, 1.82) is 0 Å². The molecule has 0 aliphatic heterocycles. The monoisotopic (exact) mass is 431 g/mol. The first-order chi connectivity index (χ1) is 14.4. The van der Waals surface area contributed by atoms with Crippen LogP contribution >= 0.6 is 11.8 Å². The summed E-state index contributed by atoms with van der Waals surface area (Å²) in [5.41, 5.74) is 1.37. The minimum atomic E-state index is -1.06. The number of thioether (sulfide) groups is 1. The maximum atomic E-state index is 13.3. The van der Waals surface area contributed by atoms with Gasteiger partial charge in [0, 0.05) is 12.2 Å². The van der Waals surface area contributed by atoms with Gasteiger partial charge in [-0.2, -0.15) is 0 Å². The Hall–Kier alpha value is -3.20. The highest BCUT2D eigenvalue weighted by Gasteiger charge is 2.23. The predicted molar refractivity (Wildman–Crippen MR) is 108 cm³/mol. The minimum absolute atomic E-state index is 0.115. The fraction of sp³-hybridized carbons (Fsp3) is 0.190. The molecule has 156 valence electrons. The number of benzene rings is 2. The van der Waals surface area contributed by atoms with Gasteiger partial charge in [-0.25, -0.2) is 18.6 Å². The largest absolute Gasteiger partial charge is 0.448 e. The SMILES string of the molecule is CSc1ncc(C(=O)O[C@H](C)C(=O)NCc2ccc(F)cc2)n1-c1ccc(F)cc1. The molecule has 1 amide bonds. The van der Waals surface area contributed by atoms with Gasteiger partial charge in [-0.1, -0.05) is 23.9 Å². The lowest BCUT2D eigenvalue weighted by Crippen LogP contribution is -2.35. The number of carbonyl (C=O) groups is 2. The van der Waals surface area contributed by atoms with Gasteiger partial charge in [-0.15, -0.1) is 0 Å². The van der Waals surface area contributed by atoms with Crippen LogP contribution < -0.4 is 5.32 Å². The van der Waals surface area contributed by atoms with Crippen LogP contribution in [0.5, 0.6) is 0 Å². The van der Waals surface area contributed by atoms with Crippen LogP contribution in [-0.2, 0) is 16.1 Å². The van der Waals surface area contributed by atoms with E-state index in [4.69, 9.17) is 4.74 Å². The first-order valence-corrected chi connectivity index (χ1v) is 10.2. The zero-order valence-electron chi connectivity index (χ0n) is 16.3. The van der Waals surface area contributed by atoms with E-state index in [9.17, 15) is 18.4 Å². The maximum Gasteiger partial charge on any atom is 0.357 e. The van der Waals surface area contributed by atoms with Gasteiger partial charge < -0.3 is 10.1 Å². The quantitative estimate of drug-likeness (QED) is 0.456. The molecule has 0 spiro atoms. The summed E-state index contributed by atoms with van der Waals surface area (Å²) in [5, 5.41) is 3.15. The van der Waals surface area contributed by atoms with Gasteiger partial charge in [0.1, 0.15) is 11.6 Å². The molecule has 30 heavy (non-hydrogen) atoms. The molecule has 0 aliphatic carbocycles. The molecule has 0 saturated carbocycles. The number of hydrogen-bond acceptors (Lipinski definition) is 5. The number of nitrogens with zero attached hydrogens (tertiary/aromatic N) is 2. The molecule has 1 atom stereocenters. The Kier molecular flexibility index (Phi) is 6.83. The molecule has 3 rings (SSSR count).